The third kappa shape index (κ3) is 6.32. The highest BCUT2D eigenvalue weighted by atomic mass is 35.5. The van der Waals surface area contributed by atoms with Gasteiger partial charge in [0.25, 0.3) is 0 Å². The van der Waals surface area contributed by atoms with Gasteiger partial charge in [0, 0.05) is 22.6 Å². The van der Waals surface area contributed by atoms with E-state index in [1.54, 1.807) is 41.3 Å². The van der Waals surface area contributed by atoms with E-state index in [2.05, 4.69) is 5.32 Å². The van der Waals surface area contributed by atoms with Crippen molar-refractivity contribution in [1.82, 2.24) is 10.2 Å². The van der Waals surface area contributed by atoms with Crippen molar-refractivity contribution in [2.45, 2.75) is 64.1 Å². The molecule has 8 heteroatoms. The number of rotatable bonds is 8. The van der Waals surface area contributed by atoms with Crippen LogP contribution in [-0.2, 0) is 22.6 Å². The van der Waals surface area contributed by atoms with Crippen LogP contribution in [0.15, 0.2) is 36.4 Å². The van der Waals surface area contributed by atoms with Crippen LogP contribution in [0, 0.1) is 0 Å². The van der Waals surface area contributed by atoms with Crippen LogP contribution in [0.25, 0.3) is 0 Å². The topological polar surface area (TPSA) is 49.4 Å². The summed E-state index contributed by atoms with van der Waals surface area (Å²) in [7, 11) is 0. The van der Waals surface area contributed by atoms with Gasteiger partial charge in [-0.25, -0.2) is 0 Å². The Morgan fingerprint density at radius 3 is 2.25 bits per heavy atom. The number of amides is 2. The fourth-order valence-electron chi connectivity index (χ4n) is 4.08. The first-order chi connectivity index (χ1) is 15.3. The number of carbonyl (C=O) groups is 2. The van der Waals surface area contributed by atoms with Crippen LogP contribution in [-0.4, -0.2) is 28.8 Å². The predicted octanol–water partition coefficient (Wildman–Crippen LogP) is 6.71. The van der Waals surface area contributed by atoms with Gasteiger partial charge in [-0.15, -0.1) is 0 Å². The maximum absolute atomic E-state index is 13.5. The normalized spacial score (nSPS) is 14.9. The number of nitrogens with one attached hydrogen (secondary N) is 1. The van der Waals surface area contributed by atoms with Crippen LogP contribution in [0.1, 0.15) is 50.2 Å². The van der Waals surface area contributed by atoms with Crippen LogP contribution in [0.5, 0.6) is 0 Å². The minimum atomic E-state index is -0.626. The van der Waals surface area contributed by atoms with Gasteiger partial charge < -0.3 is 10.2 Å². The maximum atomic E-state index is 13.5. The number of benzene rings is 2. The molecule has 0 aromatic heterocycles. The van der Waals surface area contributed by atoms with Crippen molar-refractivity contribution in [1.29, 1.82) is 0 Å². The molecule has 0 saturated heterocycles. The van der Waals surface area contributed by atoms with E-state index in [4.69, 9.17) is 46.4 Å². The van der Waals surface area contributed by atoms with E-state index in [1.165, 1.54) is 0 Å². The van der Waals surface area contributed by atoms with Crippen LogP contribution in [0.2, 0.25) is 20.1 Å². The average Bonchev–Trinajstić information content (AvgIpc) is 3.26. The summed E-state index contributed by atoms with van der Waals surface area (Å²) in [5, 5.41) is 4.80. The lowest BCUT2D eigenvalue weighted by Crippen LogP contribution is -2.51. The molecule has 1 N–H and O–H groups in total. The van der Waals surface area contributed by atoms with E-state index in [1.807, 2.05) is 6.92 Å². The Bertz CT molecular complexity index is 956. The molecule has 0 unspecified atom stereocenters. The molecule has 32 heavy (non-hydrogen) atoms. The van der Waals surface area contributed by atoms with E-state index >= 15 is 0 Å². The highest BCUT2D eigenvalue weighted by Crippen LogP contribution is 2.28. The van der Waals surface area contributed by atoms with E-state index in [0.29, 0.717) is 32.1 Å². The molecule has 3 rings (SSSR count). The van der Waals surface area contributed by atoms with E-state index in [-0.39, 0.29) is 30.8 Å². The Labute approximate surface area is 209 Å². The summed E-state index contributed by atoms with van der Waals surface area (Å²) in [5.41, 5.74) is 1.33. The van der Waals surface area contributed by atoms with Gasteiger partial charge in [-0.1, -0.05) is 78.3 Å². The molecule has 1 aliphatic rings. The smallest absolute Gasteiger partial charge is 0.243 e. The van der Waals surface area contributed by atoms with E-state index < -0.39 is 6.04 Å². The quantitative estimate of drug-likeness (QED) is 0.424. The molecule has 172 valence electrons. The standard InChI is InChI=1S/C24H26Cl4N2O2/c1-2-22(24(32)29-16-6-3-4-7-16)30(14-15-10-11-20(27)21(28)12-15)23(31)13-17-18(25)8-5-9-19(17)26/h5,8-12,16,22H,2-4,6-7,13-14H2,1H3,(H,29,32)/t22-/m0/s1. The van der Waals surface area contributed by atoms with Crippen molar-refractivity contribution in [3.63, 3.8) is 0 Å². The first-order valence-electron chi connectivity index (χ1n) is 10.8. The summed E-state index contributed by atoms with van der Waals surface area (Å²) in [6.45, 7) is 2.12. The molecule has 1 fully saturated rings. The van der Waals surface area contributed by atoms with Crippen LogP contribution < -0.4 is 5.32 Å². The Morgan fingerprint density at radius 1 is 1.00 bits per heavy atom. The predicted molar refractivity (Wildman–Crippen MR) is 132 cm³/mol. The number of nitrogens with zero attached hydrogens (tertiary/aromatic N) is 1. The van der Waals surface area contributed by atoms with Gasteiger partial charge >= 0.3 is 0 Å². The molecular weight excluding hydrogens is 490 g/mol. The fraction of sp³-hybridized carbons (Fsp3) is 0.417. The monoisotopic (exact) mass is 514 g/mol. The zero-order valence-corrected chi connectivity index (χ0v) is 20.9. The molecular formula is C24H26Cl4N2O2. The van der Waals surface area contributed by atoms with Crippen molar-refractivity contribution in [3.05, 3.63) is 67.6 Å². The maximum Gasteiger partial charge on any atom is 0.243 e. The second-order valence-electron chi connectivity index (χ2n) is 8.06. The number of carbonyl (C=O) groups excluding carboxylic acids is 2. The molecule has 1 atom stereocenters. The van der Waals surface area contributed by atoms with Crippen LogP contribution >= 0.6 is 46.4 Å². The average molecular weight is 516 g/mol. The summed E-state index contributed by atoms with van der Waals surface area (Å²) in [6, 6.07) is 9.87. The van der Waals surface area contributed by atoms with Gasteiger partial charge in [0.15, 0.2) is 0 Å². The SMILES string of the molecule is CC[C@@H](C(=O)NC1CCCC1)N(Cc1ccc(Cl)c(Cl)c1)C(=O)Cc1c(Cl)cccc1Cl. The van der Waals surface area contributed by atoms with Gasteiger partial charge in [-0.2, -0.15) is 0 Å². The summed E-state index contributed by atoms with van der Waals surface area (Å²) < 4.78 is 0. The molecule has 1 aliphatic carbocycles. The minimum Gasteiger partial charge on any atom is -0.352 e. The molecule has 2 amide bonds. The summed E-state index contributed by atoms with van der Waals surface area (Å²) in [6.07, 6.45) is 4.63. The third-order valence-electron chi connectivity index (χ3n) is 5.81. The zero-order valence-electron chi connectivity index (χ0n) is 17.8. The second-order valence-corrected chi connectivity index (χ2v) is 9.69. The van der Waals surface area contributed by atoms with E-state index in [9.17, 15) is 9.59 Å². The molecule has 0 aliphatic heterocycles. The molecule has 0 heterocycles. The largest absolute Gasteiger partial charge is 0.352 e. The minimum absolute atomic E-state index is 0.00691. The van der Waals surface area contributed by atoms with Crippen molar-refractivity contribution in [3.8, 4) is 0 Å². The zero-order chi connectivity index (χ0) is 23.3. The molecule has 0 bridgehead atoms. The third-order valence-corrected chi connectivity index (χ3v) is 7.26. The Hall–Kier alpha value is -1.46. The first kappa shape index (κ1) is 25.2. The summed E-state index contributed by atoms with van der Waals surface area (Å²) in [5.74, 6) is -0.377. The van der Waals surface area contributed by atoms with Crippen molar-refractivity contribution in [2.24, 2.45) is 0 Å². The Kier molecular flexibility index (Phi) is 9.13. The number of hydrogen-bond acceptors (Lipinski definition) is 2. The lowest BCUT2D eigenvalue weighted by Gasteiger charge is -2.32. The van der Waals surface area contributed by atoms with Crippen LogP contribution in [0.3, 0.4) is 0 Å². The molecule has 1 saturated carbocycles. The van der Waals surface area contributed by atoms with Gasteiger partial charge in [-0.05, 0) is 54.7 Å². The van der Waals surface area contributed by atoms with E-state index in [0.717, 1.165) is 31.2 Å². The highest BCUT2D eigenvalue weighted by molar-refractivity contribution is 6.42. The summed E-state index contributed by atoms with van der Waals surface area (Å²) >= 11 is 24.8. The van der Waals surface area contributed by atoms with Crippen LogP contribution in [0.4, 0.5) is 0 Å². The summed E-state index contributed by atoms with van der Waals surface area (Å²) in [4.78, 5) is 28.2. The molecule has 2 aromatic rings. The molecule has 2 aromatic carbocycles. The second kappa shape index (κ2) is 11.6. The van der Waals surface area contributed by atoms with Gasteiger partial charge in [-0.3, -0.25) is 9.59 Å². The Morgan fingerprint density at radius 2 is 1.66 bits per heavy atom. The number of halogens is 4. The first-order valence-corrected chi connectivity index (χ1v) is 12.3. The fourth-order valence-corrected chi connectivity index (χ4v) is 4.93. The van der Waals surface area contributed by atoms with Crippen molar-refractivity contribution < 1.29 is 9.59 Å². The van der Waals surface area contributed by atoms with Gasteiger partial charge in [0.1, 0.15) is 6.04 Å². The number of hydrogen-bond donors (Lipinski definition) is 1. The van der Waals surface area contributed by atoms with Crippen molar-refractivity contribution in [2.75, 3.05) is 0 Å². The highest BCUT2D eigenvalue weighted by Gasteiger charge is 2.31. The lowest BCUT2D eigenvalue weighted by molar-refractivity contribution is -0.141. The van der Waals surface area contributed by atoms with Gasteiger partial charge in [0.05, 0.1) is 16.5 Å². The molecule has 0 radical (unpaired) electrons. The van der Waals surface area contributed by atoms with Gasteiger partial charge in [0.2, 0.25) is 11.8 Å². The molecule has 4 nitrogen and oxygen atoms in total. The lowest BCUT2D eigenvalue weighted by atomic mass is 10.1. The molecule has 0 spiro atoms. The Balaban J connectivity index is 1.88. The van der Waals surface area contributed by atoms with Crippen molar-refractivity contribution >= 4 is 58.2 Å².